The Morgan fingerprint density at radius 3 is 2.39 bits per heavy atom. The number of rotatable bonds is 11. The van der Waals surface area contributed by atoms with Crippen LogP contribution in [0.3, 0.4) is 0 Å². The maximum atomic E-state index is 6.02. The van der Waals surface area contributed by atoms with Gasteiger partial charge in [0.25, 0.3) is 0 Å². The van der Waals surface area contributed by atoms with Crippen LogP contribution in [0.4, 0.5) is 5.69 Å². The van der Waals surface area contributed by atoms with Crippen LogP contribution in [-0.4, -0.2) is 39.4 Å². The normalized spacial score (nSPS) is 11.7. The Morgan fingerprint density at radius 2 is 1.78 bits per heavy atom. The fourth-order valence-electron chi connectivity index (χ4n) is 2.33. The van der Waals surface area contributed by atoms with Crippen molar-refractivity contribution in [2.45, 2.75) is 39.5 Å². The lowest BCUT2D eigenvalue weighted by atomic mass is 10.0. The van der Waals surface area contributed by atoms with E-state index in [-0.39, 0.29) is 0 Å². The molecule has 0 heterocycles. The highest BCUT2D eigenvalue weighted by atomic mass is 16.5. The molecule has 0 saturated carbocycles. The van der Waals surface area contributed by atoms with Gasteiger partial charge < -0.3 is 20.5 Å². The number of aliphatic imine (C=N–C) groups is 1. The van der Waals surface area contributed by atoms with Crippen molar-refractivity contribution in [2.24, 2.45) is 10.7 Å². The third kappa shape index (κ3) is 7.48. The number of guanidine groups is 1. The molecule has 0 bridgehead atoms. The lowest BCUT2D eigenvalue weighted by Crippen LogP contribution is -2.24. The van der Waals surface area contributed by atoms with Gasteiger partial charge in [-0.2, -0.15) is 0 Å². The molecule has 0 fully saturated rings. The van der Waals surface area contributed by atoms with Crippen molar-refractivity contribution >= 4 is 11.6 Å². The van der Waals surface area contributed by atoms with Gasteiger partial charge in [0, 0.05) is 25.9 Å². The van der Waals surface area contributed by atoms with Crippen molar-refractivity contribution in [2.75, 3.05) is 38.8 Å². The molecule has 5 heteroatoms. The second kappa shape index (κ2) is 11.9. The summed E-state index contributed by atoms with van der Waals surface area (Å²) in [5.41, 5.74) is 9.68. The van der Waals surface area contributed by atoms with Crippen molar-refractivity contribution in [1.29, 1.82) is 0 Å². The number of nitrogens with zero attached hydrogens (tertiary/aromatic N) is 1. The maximum Gasteiger partial charge on any atom is 0.193 e. The molecule has 0 aromatic heterocycles. The highest BCUT2D eigenvalue weighted by Crippen LogP contribution is 2.22. The van der Waals surface area contributed by atoms with Crippen LogP contribution in [-0.2, 0) is 22.3 Å². The molecule has 1 aromatic carbocycles. The number of aryl methyl sites for hydroxylation is 2. The summed E-state index contributed by atoms with van der Waals surface area (Å²) in [5, 5.41) is 3.28. The molecule has 1 rings (SSSR count). The smallest absolute Gasteiger partial charge is 0.193 e. The predicted molar refractivity (Wildman–Crippen MR) is 97.2 cm³/mol. The van der Waals surface area contributed by atoms with Gasteiger partial charge in [0.05, 0.1) is 13.2 Å². The number of hydrogen-bond donors (Lipinski definition) is 2. The highest BCUT2D eigenvalue weighted by Gasteiger charge is 2.06. The van der Waals surface area contributed by atoms with Crippen molar-refractivity contribution in [3.05, 3.63) is 29.3 Å². The van der Waals surface area contributed by atoms with E-state index in [2.05, 4.69) is 42.4 Å². The van der Waals surface area contributed by atoms with Crippen LogP contribution in [0.2, 0.25) is 0 Å². The average molecular weight is 321 g/mol. The quantitative estimate of drug-likeness (QED) is 0.373. The first-order chi connectivity index (χ1) is 11.2. The number of benzene rings is 1. The van der Waals surface area contributed by atoms with E-state index < -0.39 is 0 Å². The minimum absolute atomic E-state index is 0.487. The molecule has 0 aliphatic heterocycles. The van der Waals surface area contributed by atoms with E-state index in [4.69, 9.17) is 15.2 Å². The molecule has 0 amide bonds. The number of para-hydroxylation sites is 1. The van der Waals surface area contributed by atoms with E-state index in [1.165, 1.54) is 11.1 Å². The topological polar surface area (TPSA) is 68.9 Å². The van der Waals surface area contributed by atoms with E-state index in [1.54, 1.807) is 7.11 Å². The van der Waals surface area contributed by atoms with Crippen LogP contribution in [0.5, 0.6) is 0 Å². The number of methoxy groups -OCH3 is 1. The van der Waals surface area contributed by atoms with E-state index in [1.807, 2.05) is 0 Å². The zero-order valence-corrected chi connectivity index (χ0v) is 14.7. The summed E-state index contributed by atoms with van der Waals surface area (Å²) in [4.78, 5) is 4.41. The summed E-state index contributed by atoms with van der Waals surface area (Å²) in [6.45, 7) is 7.05. The van der Waals surface area contributed by atoms with Gasteiger partial charge in [0.1, 0.15) is 0 Å². The molecule has 0 aliphatic carbocycles. The molecule has 130 valence electrons. The SMILES string of the molecule is CCc1cccc(CC)c1NC(N)=NCCCCOCCOC. The number of anilines is 1. The van der Waals surface area contributed by atoms with Crippen LogP contribution < -0.4 is 11.1 Å². The summed E-state index contributed by atoms with van der Waals surface area (Å²) in [6.07, 6.45) is 3.89. The number of nitrogens with two attached hydrogens (primary N) is 1. The van der Waals surface area contributed by atoms with Gasteiger partial charge in [0.2, 0.25) is 0 Å². The van der Waals surface area contributed by atoms with Gasteiger partial charge in [-0.1, -0.05) is 32.0 Å². The van der Waals surface area contributed by atoms with Gasteiger partial charge in [-0.15, -0.1) is 0 Å². The van der Waals surface area contributed by atoms with Crippen molar-refractivity contribution in [1.82, 2.24) is 0 Å². The summed E-state index contributed by atoms with van der Waals surface area (Å²) in [6, 6.07) is 6.36. The molecule has 1 aromatic rings. The zero-order chi connectivity index (χ0) is 16.9. The molecule has 0 radical (unpaired) electrons. The highest BCUT2D eigenvalue weighted by molar-refractivity contribution is 5.93. The standard InChI is InChI=1S/C18H31N3O2/c1-4-15-9-8-10-16(5-2)17(15)21-18(19)20-11-6-7-12-23-14-13-22-3/h8-10H,4-7,11-14H2,1-3H3,(H3,19,20,21). The van der Waals surface area contributed by atoms with Crippen LogP contribution in [0.25, 0.3) is 0 Å². The molecule has 0 unspecified atom stereocenters. The largest absolute Gasteiger partial charge is 0.382 e. The van der Waals surface area contributed by atoms with Crippen LogP contribution in [0.15, 0.2) is 23.2 Å². The first-order valence-electron chi connectivity index (χ1n) is 8.47. The molecular formula is C18H31N3O2. The molecule has 0 saturated heterocycles. The van der Waals surface area contributed by atoms with Crippen molar-refractivity contribution in [3.8, 4) is 0 Å². The van der Waals surface area contributed by atoms with Crippen molar-refractivity contribution < 1.29 is 9.47 Å². The van der Waals surface area contributed by atoms with Gasteiger partial charge in [-0.3, -0.25) is 4.99 Å². The maximum absolute atomic E-state index is 6.02. The minimum atomic E-state index is 0.487. The summed E-state index contributed by atoms with van der Waals surface area (Å²) < 4.78 is 10.3. The van der Waals surface area contributed by atoms with Gasteiger partial charge in [0.15, 0.2) is 5.96 Å². The molecule has 23 heavy (non-hydrogen) atoms. The predicted octanol–water partition coefficient (Wildman–Crippen LogP) is 2.98. The Morgan fingerprint density at radius 1 is 1.09 bits per heavy atom. The van der Waals surface area contributed by atoms with Gasteiger partial charge in [-0.05, 0) is 36.8 Å². The van der Waals surface area contributed by atoms with Gasteiger partial charge >= 0.3 is 0 Å². The Labute approximate surface area is 140 Å². The van der Waals surface area contributed by atoms with E-state index >= 15 is 0 Å². The molecule has 3 N–H and O–H groups in total. The second-order valence-corrected chi connectivity index (χ2v) is 5.36. The van der Waals surface area contributed by atoms with E-state index in [0.717, 1.165) is 38.0 Å². The first-order valence-corrected chi connectivity index (χ1v) is 8.47. The third-order valence-corrected chi connectivity index (χ3v) is 3.66. The third-order valence-electron chi connectivity index (χ3n) is 3.66. The van der Waals surface area contributed by atoms with Crippen molar-refractivity contribution in [3.63, 3.8) is 0 Å². The average Bonchev–Trinajstić information content (AvgIpc) is 2.57. The molecular weight excluding hydrogens is 290 g/mol. The molecule has 5 nitrogen and oxygen atoms in total. The molecule has 0 aliphatic rings. The molecule has 0 atom stereocenters. The number of hydrogen-bond acceptors (Lipinski definition) is 3. The van der Waals surface area contributed by atoms with E-state index in [0.29, 0.717) is 25.7 Å². The lowest BCUT2D eigenvalue weighted by Gasteiger charge is -2.14. The van der Waals surface area contributed by atoms with Crippen LogP contribution >= 0.6 is 0 Å². The first kappa shape index (κ1) is 19.5. The van der Waals surface area contributed by atoms with Crippen LogP contribution in [0, 0.1) is 0 Å². The lowest BCUT2D eigenvalue weighted by molar-refractivity contribution is 0.0690. The number of nitrogens with one attached hydrogen (secondary N) is 1. The summed E-state index contributed by atoms with van der Waals surface area (Å²) in [7, 11) is 1.68. The Kier molecular flexibility index (Phi) is 10.1. The monoisotopic (exact) mass is 321 g/mol. The Hall–Kier alpha value is -1.59. The van der Waals surface area contributed by atoms with E-state index in [9.17, 15) is 0 Å². The fourth-order valence-corrected chi connectivity index (χ4v) is 2.33. The Balaban J connectivity index is 2.39. The summed E-state index contributed by atoms with van der Waals surface area (Å²) in [5.74, 6) is 0.487. The van der Waals surface area contributed by atoms with Crippen LogP contribution in [0.1, 0.15) is 37.8 Å². The zero-order valence-electron chi connectivity index (χ0n) is 14.7. The number of unbranched alkanes of at least 4 members (excludes halogenated alkanes) is 1. The minimum Gasteiger partial charge on any atom is -0.382 e. The second-order valence-electron chi connectivity index (χ2n) is 5.36. The summed E-state index contributed by atoms with van der Waals surface area (Å²) >= 11 is 0. The molecule has 0 spiro atoms. The number of ether oxygens (including phenoxy) is 2. The Bertz CT molecular complexity index is 453. The van der Waals surface area contributed by atoms with Gasteiger partial charge in [-0.25, -0.2) is 0 Å². The fraction of sp³-hybridized carbons (Fsp3) is 0.611.